The molecule has 1 aromatic carbocycles. The molecule has 0 saturated carbocycles. The van der Waals surface area contributed by atoms with Crippen LogP contribution in [0.1, 0.15) is 41.2 Å². The van der Waals surface area contributed by atoms with E-state index in [1.54, 1.807) is 6.20 Å². The van der Waals surface area contributed by atoms with Crippen molar-refractivity contribution in [2.45, 2.75) is 40.3 Å². The molecule has 0 spiro atoms. The maximum absolute atomic E-state index is 13.0. The van der Waals surface area contributed by atoms with E-state index in [4.69, 9.17) is 4.74 Å². The molecule has 0 saturated heterocycles. The van der Waals surface area contributed by atoms with Crippen LogP contribution in [0.4, 0.5) is 11.4 Å². The van der Waals surface area contributed by atoms with Gasteiger partial charge in [-0.2, -0.15) is 5.10 Å². The lowest BCUT2D eigenvalue weighted by atomic mass is 10.1. The number of aromatic nitrogens is 4. The van der Waals surface area contributed by atoms with Crippen LogP contribution in [0.5, 0.6) is 0 Å². The van der Waals surface area contributed by atoms with E-state index in [0.29, 0.717) is 29.8 Å². The summed E-state index contributed by atoms with van der Waals surface area (Å²) in [5.41, 5.74) is 5.10. The first-order chi connectivity index (χ1) is 17.3. The smallest absolute Gasteiger partial charge is 0.356 e. The van der Waals surface area contributed by atoms with Gasteiger partial charge in [0.15, 0.2) is 5.69 Å². The van der Waals surface area contributed by atoms with Crippen molar-refractivity contribution in [3.05, 3.63) is 71.3 Å². The number of nitrogens with one attached hydrogen (secondary N) is 2. The van der Waals surface area contributed by atoms with Crippen LogP contribution < -0.4 is 10.6 Å². The van der Waals surface area contributed by atoms with Crippen LogP contribution in [0.25, 0.3) is 11.0 Å². The summed E-state index contributed by atoms with van der Waals surface area (Å²) in [4.78, 5) is 30.7. The van der Waals surface area contributed by atoms with Crippen molar-refractivity contribution in [3.63, 3.8) is 0 Å². The van der Waals surface area contributed by atoms with Crippen molar-refractivity contribution in [2.75, 3.05) is 17.7 Å². The Balaban J connectivity index is 1.74. The largest absolute Gasteiger partial charge is 0.464 e. The number of nitrogens with zero attached hydrogens (tertiary/aromatic N) is 4. The highest BCUT2D eigenvalue weighted by atomic mass is 16.5. The molecule has 9 heteroatoms. The predicted molar refractivity (Wildman–Crippen MR) is 140 cm³/mol. The number of benzene rings is 1. The molecule has 0 atom stereocenters. The minimum atomic E-state index is -0.524. The van der Waals surface area contributed by atoms with Crippen molar-refractivity contribution in [3.8, 4) is 0 Å². The fraction of sp³-hybridized carbons (Fsp3) is 0.333. The molecular formula is C27H32N6O3. The molecule has 0 aliphatic rings. The lowest BCUT2D eigenvalue weighted by molar-refractivity contribution is -0.115. The molecule has 4 aromatic rings. The SMILES string of the molecule is COC(=O)c1c(NC(=O)Cc2ccccc2)c2cc(NCc3cnn(C)c3C)cnc2n1CC(C)C. The summed E-state index contributed by atoms with van der Waals surface area (Å²) in [5.74, 6) is -0.506. The third-order valence-electron chi connectivity index (χ3n) is 6.12. The standard InChI is InChI=1S/C27H32N6O3/c1-17(2)16-33-25(27(35)36-5)24(31-23(34)11-19-9-7-6-8-10-19)22-12-21(15-29-26(22)33)28-13-20-14-30-32(4)18(20)3/h6-10,12,14-15,17,28H,11,13,16H2,1-5H3,(H,31,34). The Morgan fingerprint density at radius 3 is 2.53 bits per heavy atom. The van der Waals surface area contributed by atoms with E-state index < -0.39 is 5.97 Å². The maximum Gasteiger partial charge on any atom is 0.356 e. The Morgan fingerprint density at radius 1 is 1.14 bits per heavy atom. The monoisotopic (exact) mass is 488 g/mol. The highest BCUT2D eigenvalue weighted by Crippen LogP contribution is 2.33. The lowest BCUT2D eigenvalue weighted by Crippen LogP contribution is -2.19. The summed E-state index contributed by atoms with van der Waals surface area (Å²) in [6, 6.07) is 11.4. The van der Waals surface area contributed by atoms with Crippen LogP contribution in [-0.2, 0) is 36.1 Å². The van der Waals surface area contributed by atoms with Gasteiger partial charge in [0, 0.05) is 36.8 Å². The number of anilines is 2. The van der Waals surface area contributed by atoms with E-state index in [0.717, 1.165) is 22.5 Å². The fourth-order valence-corrected chi connectivity index (χ4v) is 4.18. The summed E-state index contributed by atoms with van der Waals surface area (Å²) in [6.07, 6.45) is 3.75. The zero-order valence-corrected chi connectivity index (χ0v) is 21.3. The summed E-state index contributed by atoms with van der Waals surface area (Å²) < 4.78 is 8.78. The van der Waals surface area contributed by atoms with Gasteiger partial charge in [-0.25, -0.2) is 9.78 Å². The molecule has 2 N–H and O–H groups in total. The molecule has 36 heavy (non-hydrogen) atoms. The van der Waals surface area contributed by atoms with E-state index in [2.05, 4.69) is 34.6 Å². The van der Waals surface area contributed by atoms with E-state index in [1.165, 1.54) is 7.11 Å². The summed E-state index contributed by atoms with van der Waals surface area (Å²) >= 11 is 0. The molecule has 0 fully saturated rings. The first kappa shape index (κ1) is 25.0. The molecule has 188 valence electrons. The number of methoxy groups -OCH3 is 1. The maximum atomic E-state index is 13.0. The molecule has 1 amide bonds. The van der Waals surface area contributed by atoms with E-state index in [9.17, 15) is 9.59 Å². The van der Waals surface area contributed by atoms with Gasteiger partial charge in [0.25, 0.3) is 0 Å². The highest BCUT2D eigenvalue weighted by Gasteiger charge is 2.26. The predicted octanol–water partition coefficient (Wildman–Crippen LogP) is 4.31. The average molecular weight is 489 g/mol. The van der Waals surface area contributed by atoms with Crippen LogP contribution in [0, 0.1) is 12.8 Å². The minimum absolute atomic E-state index is 0.184. The van der Waals surface area contributed by atoms with Crippen LogP contribution in [0.15, 0.2) is 48.8 Å². The molecular weight excluding hydrogens is 456 g/mol. The number of amides is 1. The third-order valence-corrected chi connectivity index (χ3v) is 6.12. The molecule has 9 nitrogen and oxygen atoms in total. The normalized spacial score (nSPS) is 11.2. The van der Waals surface area contributed by atoms with E-state index >= 15 is 0 Å². The van der Waals surface area contributed by atoms with Gasteiger partial charge in [0.1, 0.15) is 5.65 Å². The second-order valence-electron chi connectivity index (χ2n) is 9.26. The highest BCUT2D eigenvalue weighted by molar-refractivity contribution is 6.11. The Hall–Kier alpha value is -4.14. The first-order valence-corrected chi connectivity index (χ1v) is 11.9. The number of hydrogen-bond acceptors (Lipinski definition) is 6. The average Bonchev–Trinajstić information content (AvgIpc) is 3.33. The number of fused-ring (bicyclic) bond motifs is 1. The Morgan fingerprint density at radius 2 is 1.89 bits per heavy atom. The number of hydrogen-bond donors (Lipinski definition) is 2. The number of carbonyl (C=O) groups excluding carboxylic acids is 2. The second-order valence-corrected chi connectivity index (χ2v) is 9.26. The second kappa shape index (κ2) is 10.6. The number of carbonyl (C=O) groups is 2. The van der Waals surface area contributed by atoms with Gasteiger partial charge < -0.3 is 19.9 Å². The third kappa shape index (κ3) is 5.25. The van der Waals surface area contributed by atoms with E-state index in [-0.39, 0.29) is 23.9 Å². The van der Waals surface area contributed by atoms with Crippen LogP contribution in [-0.4, -0.2) is 38.3 Å². The first-order valence-electron chi connectivity index (χ1n) is 11.9. The quantitative estimate of drug-likeness (QED) is 0.340. The van der Waals surface area contributed by atoms with Crippen LogP contribution >= 0.6 is 0 Å². The molecule has 3 heterocycles. The summed E-state index contributed by atoms with van der Waals surface area (Å²) in [6.45, 7) is 7.25. The number of ether oxygens (including phenoxy) is 1. The van der Waals surface area contributed by atoms with Gasteiger partial charge in [0.2, 0.25) is 5.91 Å². The number of aryl methyl sites for hydroxylation is 1. The number of esters is 1. The van der Waals surface area contributed by atoms with Gasteiger partial charge in [0.05, 0.1) is 37.3 Å². The van der Waals surface area contributed by atoms with E-state index in [1.807, 2.05) is 65.8 Å². The summed E-state index contributed by atoms with van der Waals surface area (Å²) in [5, 5.41) is 11.3. The fourth-order valence-electron chi connectivity index (χ4n) is 4.18. The zero-order chi connectivity index (χ0) is 25.8. The number of pyridine rings is 1. The van der Waals surface area contributed by atoms with Crippen LogP contribution in [0.2, 0.25) is 0 Å². The van der Waals surface area contributed by atoms with Gasteiger partial charge in [-0.1, -0.05) is 44.2 Å². The molecule has 0 radical (unpaired) electrons. The minimum Gasteiger partial charge on any atom is -0.464 e. The topological polar surface area (TPSA) is 103 Å². The Labute approximate surface area is 210 Å². The van der Waals surface area contributed by atoms with Gasteiger partial charge in [-0.15, -0.1) is 0 Å². The van der Waals surface area contributed by atoms with Crippen molar-refractivity contribution in [2.24, 2.45) is 13.0 Å². The Bertz CT molecular complexity index is 1390. The van der Waals surface area contributed by atoms with Crippen molar-refractivity contribution >= 4 is 34.3 Å². The number of rotatable bonds is 9. The molecule has 3 aromatic heterocycles. The van der Waals surface area contributed by atoms with Crippen molar-refractivity contribution < 1.29 is 14.3 Å². The lowest BCUT2D eigenvalue weighted by Gasteiger charge is -2.12. The van der Waals surface area contributed by atoms with Crippen molar-refractivity contribution in [1.82, 2.24) is 19.3 Å². The molecule has 0 aliphatic heterocycles. The Kier molecular flexibility index (Phi) is 7.38. The molecule has 4 rings (SSSR count). The van der Waals surface area contributed by atoms with Gasteiger partial charge in [-0.3, -0.25) is 9.48 Å². The summed E-state index contributed by atoms with van der Waals surface area (Å²) in [7, 11) is 3.24. The molecule has 0 aliphatic carbocycles. The zero-order valence-electron chi connectivity index (χ0n) is 21.3. The molecule has 0 bridgehead atoms. The molecule has 0 unspecified atom stereocenters. The van der Waals surface area contributed by atoms with Gasteiger partial charge in [-0.05, 0) is 24.5 Å². The van der Waals surface area contributed by atoms with Gasteiger partial charge >= 0.3 is 5.97 Å². The van der Waals surface area contributed by atoms with Crippen LogP contribution in [0.3, 0.4) is 0 Å². The van der Waals surface area contributed by atoms with Crippen molar-refractivity contribution in [1.29, 1.82) is 0 Å².